The van der Waals surface area contributed by atoms with Crippen molar-refractivity contribution in [3.05, 3.63) is 16.1 Å². The zero-order valence-electron chi connectivity index (χ0n) is 15.1. The summed E-state index contributed by atoms with van der Waals surface area (Å²) in [5.41, 5.74) is 8.00. The highest BCUT2D eigenvalue weighted by Gasteiger charge is 2.37. The molecule has 0 bridgehead atoms. The van der Waals surface area contributed by atoms with Crippen LogP contribution < -0.4 is 11.1 Å². The molecular weight excluding hydrogens is 338 g/mol. The second kappa shape index (κ2) is 5.94. The van der Waals surface area contributed by atoms with Crippen LogP contribution in [0.2, 0.25) is 0 Å². The largest absolute Gasteiger partial charge is 0.397 e. The van der Waals surface area contributed by atoms with Crippen LogP contribution in [-0.2, 0) is 4.79 Å². The number of nitrogens with one attached hydrogen (secondary N) is 1. The Kier molecular flexibility index (Phi) is 4.18. The Bertz CT molecular complexity index is 862. The molecule has 2 aromatic heterocycles. The van der Waals surface area contributed by atoms with Gasteiger partial charge in [0.05, 0.1) is 17.4 Å². The van der Waals surface area contributed by atoms with Crippen molar-refractivity contribution in [2.45, 2.75) is 40.7 Å². The number of fused-ring (bicyclic) bond motifs is 1. The fourth-order valence-electron chi connectivity index (χ4n) is 2.87. The minimum absolute atomic E-state index is 0.0441. The number of anilines is 1. The number of hydrogen-bond acceptors (Lipinski definition) is 6. The molecule has 3 heterocycles. The Balaban J connectivity index is 1.72. The number of nitrogens with zero attached hydrogens (tertiary/aromatic N) is 3. The molecule has 0 saturated carbocycles. The van der Waals surface area contributed by atoms with E-state index in [1.807, 2.05) is 34.6 Å². The van der Waals surface area contributed by atoms with Crippen LogP contribution in [0, 0.1) is 19.3 Å². The summed E-state index contributed by atoms with van der Waals surface area (Å²) in [5.74, 6) is -0.119. The van der Waals surface area contributed by atoms with Crippen LogP contribution in [0.1, 0.15) is 41.7 Å². The number of hydrogen-bond donors (Lipinski definition) is 2. The minimum Gasteiger partial charge on any atom is -0.397 e. The van der Waals surface area contributed by atoms with Gasteiger partial charge in [-0.1, -0.05) is 20.8 Å². The van der Waals surface area contributed by atoms with Gasteiger partial charge in [-0.3, -0.25) is 9.59 Å². The summed E-state index contributed by atoms with van der Waals surface area (Å²) in [6.07, 6.45) is 0. The Morgan fingerprint density at radius 2 is 1.88 bits per heavy atom. The van der Waals surface area contributed by atoms with Crippen molar-refractivity contribution >= 4 is 39.1 Å². The maximum Gasteiger partial charge on any atom is 0.263 e. The van der Waals surface area contributed by atoms with E-state index in [0.29, 0.717) is 28.5 Å². The fraction of sp³-hybridized carbons (Fsp3) is 0.529. The summed E-state index contributed by atoms with van der Waals surface area (Å²) in [6, 6.07) is -0.0441. The van der Waals surface area contributed by atoms with Crippen LogP contribution in [0.3, 0.4) is 0 Å². The third-order valence-corrected chi connectivity index (χ3v) is 5.58. The molecule has 1 saturated heterocycles. The average Bonchev–Trinajstić information content (AvgIpc) is 2.82. The summed E-state index contributed by atoms with van der Waals surface area (Å²) >= 11 is 1.25. The van der Waals surface area contributed by atoms with E-state index < -0.39 is 5.41 Å². The number of thiophene rings is 1. The molecule has 1 aliphatic rings. The van der Waals surface area contributed by atoms with Crippen LogP contribution in [0.5, 0.6) is 0 Å². The van der Waals surface area contributed by atoms with E-state index >= 15 is 0 Å². The van der Waals surface area contributed by atoms with Gasteiger partial charge in [0.15, 0.2) is 0 Å². The molecule has 25 heavy (non-hydrogen) atoms. The SMILES string of the molecule is Cc1nnc2sc(C(=O)NC3CN(C(=O)C(C)(C)C)C3)c(N)c2c1C. The number of carbonyl (C=O) groups excluding carboxylic acids is 2. The maximum absolute atomic E-state index is 12.6. The van der Waals surface area contributed by atoms with Gasteiger partial charge in [0.25, 0.3) is 5.91 Å². The number of rotatable bonds is 2. The standard InChI is InChI=1S/C17H23N5O2S/c1-8-9(2)20-21-15-11(8)12(18)13(25-15)14(23)19-10-6-22(7-10)16(24)17(3,4)5/h10H,6-7,18H2,1-5H3,(H,19,23). The molecule has 2 aromatic rings. The number of nitrogen functional groups attached to an aromatic ring is 1. The Hall–Kier alpha value is -2.22. The Morgan fingerprint density at radius 1 is 1.24 bits per heavy atom. The third-order valence-electron chi connectivity index (χ3n) is 4.49. The smallest absolute Gasteiger partial charge is 0.263 e. The number of aryl methyl sites for hydroxylation is 2. The van der Waals surface area contributed by atoms with Gasteiger partial charge >= 0.3 is 0 Å². The number of carbonyl (C=O) groups is 2. The molecule has 0 radical (unpaired) electrons. The van der Waals surface area contributed by atoms with Gasteiger partial charge in [-0.25, -0.2) is 0 Å². The van der Waals surface area contributed by atoms with Crippen LogP contribution in [0.25, 0.3) is 10.2 Å². The number of amides is 2. The van der Waals surface area contributed by atoms with Crippen LogP contribution in [0.15, 0.2) is 0 Å². The third kappa shape index (κ3) is 3.06. The molecule has 0 aromatic carbocycles. The van der Waals surface area contributed by atoms with Gasteiger partial charge in [0.2, 0.25) is 5.91 Å². The van der Waals surface area contributed by atoms with Gasteiger partial charge in [0.1, 0.15) is 9.71 Å². The predicted molar refractivity (Wildman–Crippen MR) is 98.6 cm³/mol. The van der Waals surface area contributed by atoms with Crippen LogP contribution in [0.4, 0.5) is 5.69 Å². The molecule has 0 spiro atoms. The molecule has 1 aliphatic heterocycles. The summed E-state index contributed by atoms with van der Waals surface area (Å²) in [4.78, 5) is 27.6. The first-order valence-corrected chi connectivity index (χ1v) is 9.03. The van der Waals surface area contributed by atoms with Crippen molar-refractivity contribution in [1.82, 2.24) is 20.4 Å². The maximum atomic E-state index is 12.6. The summed E-state index contributed by atoms with van der Waals surface area (Å²) in [6.45, 7) is 10.5. The van der Waals surface area contributed by atoms with E-state index in [2.05, 4.69) is 15.5 Å². The monoisotopic (exact) mass is 361 g/mol. The zero-order valence-corrected chi connectivity index (χ0v) is 16.0. The number of nitrogens with two attached hydrogens (primary N) is 1. The lowest BCUT2D eigenvalue weighted by atomic mass is 9.92. The highest BCUT2D eigenvalue weighted by atomic mass is 32.1. The van der Waals surface area contributed by atoms with E-state index in [9.17, 15) is 9.59 Å². The first-order valence-electron chi connectivity index (χ1n) is 8.21. The highest BCUT2D eigenvalue weighted by Crippen LogP contribution is 2.35. The molecular formula is C17H23N5O2S. The molecule has 7 nitrogen and oxygen atoms in total. The van der Waals surface area contributed by atoms with E-state index in [-0.39, 0.29) is 17.9 Å². The highest BCUT2D eigenvalue weighted by molar-refractivity contribution is 7.21. The van der Waals surface area contributed by atoms with Crippen molar-refractivity contribution in [2.24, 2.45) is 5.41 Å². The lowest BCUT2D eigenvalue weighted by Gasteiger charge is -2.42. The molecule has 0 unspecified atom stereocenters. The summed E-state index contributed by atoms with van der Waals surface area (Å²) in [5, 5.41) is 12.0. The lowest BCUT2D eigenvalue weighted by molar-refractivity contribution is -0.144. The van der Waals surface area contributed by atoms with Crippen molar-refractivity contribution < 1.29 is 9.59 Å². The van der Waals surface area contributed by atoms with Gasteiger partial charge < -0.3 is 16.0 Å². The molecule has 0 atom stereocenters. The van der Waals surface area contributed by atoms with Gasteiger partial charge in [-0.15, -0.1) is 16.4 Å². The average molecular weight is 361 g/mol. The van der Waals surface area contributed by atoms with Crippen molar-refractivity contribution in [1.29, 1.82) is 0 Å². The fourth-order valence-corrected chi connectivity index (χ4v) is 3.87. The lowest BCUT2D eigenvalue weighted by Crippen LogP contribution is -2.62. The second-order valence-electron chi connectivity index (χ2n) is 7.57. The van der Waals surface area contributed by atoms with Crippen molar-refractivity contribution in [2.75, 3.05) is 18.8 Å². The van der Waals surface area contributed by atoms with Crippen molar-refractivity contribution in [3.8, 4) is 0 Å². The molecule has 0 aliphatic carbocycles. The predicted octanol–water partition coefficient (Wildman–Crippen LogP) is 1.88. The molecule has 8 heteroatoms. The Morgan fingerprint density at radius 3 is 2.48 bits per heavy atom. The van der Waals surface area contributed by atoms with Crippen LogP contribution in [-0.4, -0.2) is 46.0 Å². The van der Waals surface area contributed by atoms with Gasteiger partial charge in [0, 0.05) is 23.9 Å². The summed E-state index contributed by atoms with van der Waals surface area (Å²) in [7, 11) is 0. The van der Waals surface area contributed by atoms with Gasteiger partial charge in [-0.2, -0.15) is 5.10 Å². The van der Waals surface area contributed by atoms with E-state index in [1.54, 1.807) is 4.90 Å². The number of likely N-dealkylation sites (tertiary alicyclic amines) is 1. The molecule has 3 N–H and O–H groups in total. The zero-order chi connectivity index (χ0) is 18.5. The van der Waals surface area contributed by atoms with E-state index in [0.717, 1.165) is 16.6 Å². The van der Waals surface area contributed by atoms with E-state index in [1.165, 1.54) is 11.3 Å². The molecule has 1 fully saturated rings. The van der Waals surface area contributed by atoms with Crippen LogP contribution >= 0.6 is 11.3 Å². The normalized spacial score (nSPS) is 15.3. The second-order valence-corrected chi connectivity index (χ2v) is 8.57. The quantitative estimate of drug-likeness (QED) is 0.850. The first-order chi connectivity index (χ1) is 11.6. The van der Waals surface area contributed by atoms with E-state index in [4.69, 9.17) is 5.73 Å². The topological polar surface area (TPSA) is 101 Å². The summed E-state index contributed by atoms with van der Waals surface area (Å²) < 4.78 is 0. The molecule has 2 amide bonds. The Labute approximate surface area is 150 Å². The van der Waals surface area contributed by atoms with Gasteiger partial charge in [-0.05, 0) is 19.4 Å². The van der Waals surface area contributed by atoms with Crippen molar-refractivity contribution in [3.63, 3.8) is 0 Å². The molecule has 3 rings (SSSR count). The first kappa shape index (κ1) is 17.6. The molecule has 134 valence electrons. The number of aromatic nitrogens is 2. The minimum atomic E-state index is -0.404.